The first-order chi connectivity index (χ1) is 10.1. The van der Waals surface area contributed by atoms with Gasteiger partial charge in [-0.3, -0.25) is 10.1 Å². The fourth-order valence-electron chi connectivity index (χ4n) is 2.07. The molecule has 0 atom stereocenters. The molecule has 102 valence electrons. The minimum atomic E-state index is -0.584. The van der Waals surface area contributed by atoms with Gasteiger partial charge in [-0.15, -0.1) is 0 Å². The lowest BCUT2D eigenvalue weighted by atomic mass is 10.1. The van der Waals surface area contributed by atoms with Crippen molar-refractivity contribution in [1.29, 1.82) is 10.5 Å². The molecule has 0 aliphatic carbocycles. The van der Waals surface area contributed by atoms with Crippen LogP contribution in [0.1, 0.15) is 11.1 Å². The zero-order valence-corrected chi connectivity index (χ0v) is 11.1. The maximum atomic E-state index is 11.3. The number of benzene rings is 2. The summed E-state index contributed by atoms with van der Waals surface area (Å²) in [5, 5.41) is 29.4. The first kappa shape index (κ1) is 14.0. The van der Waals surface area contributed by atoms with Crippen molar-refractivity contribution in [2.75, 3.05) is 11.9 Å². The van der Waals surface area contributed by atoms with E-state index in [-0.39, 0.29) is 16.9 Å². The van der Waals surface area contributed by atoms with Gasteiger partial charge >= 0.3 is 5.69 Å². The molecule has 0 fully saturated rings. The van der Waals surface area contributed by atoms with Crippen LogP contribution in [0.15, 0.2) is 42.5 Å². The van der Waals surface area contributed by atoms with Crippen LogP contribution in [-0.2, 0) is 0 Å². The largest absolute Gasteiger partial charge is 0.338 e. The monoisotopic (exact) mass is 278 g/mol. The van der Waals surface area contributed by atoms with Crippen LogP contribution in [0.3, 0.4) is 0 Å². The Morgan fingerprint density at radius 1 is 1.00 bits per heavy atom. The summed E-state index contributed by atoms with van der Waals surface area (Å²) in [5.74, 6) is 0. The number of nitrogens with zero attached hydrogens (tertiary/aromatic N) is 4. The average molecular weight is 278 g/mol. The number of para-hydroxylation sites is 2. The van der Waals surface area contributed by atoms with Crippen molar-refractivity contribution in [3.63, 3.8) is 0 Å². The third-order valence-electron chi connectivity index (χ3n) is 3.06. The lowest BCUT2D eigenvalue weighted by Gasteiger charge is -2.20. The second kappa shape index (κ2) is 5.72. The highest BCUT2D eigenvalue weighted by molar-refractivity contribution is 5.77. The molecule has 0 N–H and O–H groups in total. The van der Waals surface area contributed by atoms with Crippen molar-refractivity contribution in [3.05, 3.63) is 63.7 Å². The molecule has 0 aliphatic heterocycles. The second-order valence-electron chi connectivity index (χ2n) is 4.23. The van der Waals surface area contributed by atoms with E-state index in [1.54, 1.807) is 43.4 Å². The number of nitro groups is 1. The summed E-state index contributed by atoms with van der Waals surface area (Å²) in [6.07, 6.45) is 0. The summed E-state index contributed by atoms with van der Waals surface area (Å²) in [7, 11) is 1.62. The molecule has 0 aromatic heterocycles. The average Bonchev–Trinajstić information content (AvgIpc) is 2.53. The smallest absolute Gasteiger partial charge is 0.310 e. The number of hydrogen-bond acceptors (Lipinski definition) is 5. The summed E-state index contributed by atoms with van der Waals surface area (Å²) in [4.78, 5) is 12.2. The number of rotatable bonds is 3. The van der Waals surface area contributed by atoms with Gasteiger partial charge in [0.1, 0.15) is 23.4 Å². The van der Waals surface area contributed by atoms with Crippen molar-refractivity contribution in [3.8, 4) is 12.1 Å². The zero-order valence-electron chi connectivity index (χ0n) is 11.1. The van der Waals surface area contributed by atoms with Gasteiger partial charge in [-0.25, -0.2) is 0 Å². The Bertz CT molecular complexity index is 787. The topological polar surface area (TPSA) is 94.0 Å². The van der Waals surface area contributed by atoms with Crippen LogP contribution < -0.4 is 4.90 Å². The Kier molecular flexibility index (Phi) is 3.83. The van der Waals surface area contributed by atoms with E-state index >= 15 is 0 Å². The van der Waals surface area contributed by atoms with Crippen LogP contribution in [0.4, 0.5) is 17.1 Å². The summed E-state index contributed by atoms with van der Waals surface area (Å²) < 4.78 is 0. The lowest BCUT2D eigenvalue weighted by Crippen LogP contribution is -2.13. The van der Waals surface area contributed by atoms with Crippen molar-refractivity contribution in [2.45, 2.75) is 0 Å². The zero-order chi connectivity index (χ0) is 15.4. The normalized spacial score (nSPS) is 9.48. The van der Waals surface area contributed by atoms with Gasteiger partial charge in [-0.1, -0.05) is 18.2 Å². The van der Waals surface area contributed by atoms with Gasteiger partial charge in [0.25, 0.3) is 0 Å². The standard InChI is InChI=1S/C15H10N4O2/c1-18(13-7-3-2-5-11(13)9-16)14-8-4-6-12(10-17)15(14)19(20)21/h2-8H,1H3. The van der Waals surface area contributed by atoms with Crippen LogP contribution in [0, 0.1) is 32.8 Å². The maximum Gasteiger partial charge on any atom is 0.310 e. The predicted molar refractivity (Wildman–Crippen MR) is 77.0 cm³/mol. The van der Waals surface area contributed by atoms with E-state index in [1.807, 2.05) is 12.1 Å². The van der Waals surface area contributed by atoms with Crippen molar-refractivity contribution < 1.29 is 4.92 Å². The number of nitriles is 2. The molecule has 0 aliphatic rings. The third-order valence-corrected chi connectivity index (χ3v) is 3.06. The molecule has 0 heterocycles. The molecule has 0 radical (unpaired) electrons. The number of nitro benzene ring substituents is 1. The molecule has 0 spiro atoms. The SMILES string of the molecule is CN(c1ccccc1C#N)c1cccc(C#N)c1[N+](=O)[O-]. The molecule has 0 saturated carbocycles. The molecule has 0 bridgehead atoms. The minimum Gasteiger partial charge on any atom is -0.338 e. The van der Waals surface area contributed by atoms with Crippen LogP contribution in [-0.4, -0.2) is 12.0 Å². The van der Waals surface area contributed by atoms with Crippen molar-refractivity contribution in [2.24, 2.45) is 0 Å². The van der Waals surface area contributed by atoms with E-state index in [4.69, 9.17) is 10.5 Å². The molecule has 21 heavy (non-hydrogen) atoms. The summed E-state index contributed by atoms with van der Waals surface area (Å²) in [6, 6.07) is 15.2. The highest BCUT2D eigenvalue weighted by Gasteiger charge is 2.23. The van der Waals surface area contributed by atoms with Crippen LogP contribution in [0.2, 0.25) is 0 Å². The summed E-state index contributed by atoms with van der Waals surface area (Å²) >= 11 is 0. The van der Waals surface area contributed by atoms with Gasteiger partial charge in [-0.2, -0.15) is 10.5 Å². The number of hydrogen-bond donors (Lipinski definition) is 0. The van der Waals surface area contributed by atoms with E-state index in [9.17, 15) is 10.1 Å². The molecule has 0 unspecified atom stereocenters. The number of anilines is 2. The Balaban J connectivity index is 2.65. The van der Waals surface area contributed by atoms with E-state index in [0.717, 1.165) is 0 Å². The minimum absolute atomic E-state index is 0.0150. The molecule has 6 heteroatoms. The highest BCUT2D eigenvalue weighted by Crippen LogP contribution is 2.35. The van der Waals surface area contributed by atoms with Gasteiger partial charge in [0.15, 0.2) is 0 Å². The molecule has 2 aromatic rings. The van der Waals surface area contributed by atoms with Crippen molar-refractivity contribution in [1.82, 2.24) is 0 Å². The third kappa shape index (κ3) is 2.51. The Labute approximate surface area is 121 Å². The van der Waals surface area contributed by atoms with Crippen LogP contribution in [0.5, 0.6) is 0 Å². The summed E-state index contributed by atoms with van der Waals surface area (Å²) in [5.41, 5.74) is 0.922. The molecule has 2 rings (SSSR count). The molecule has 0 saturated heterocycles. The van der Waals surface area contributed by atoms with Crippen LogP contribution in [0.25, 0.3) is 0 Å². The first-order valence-electron chi connectivity index (χ1n) is 6.00. The van der Waals surface area contributed by atoms with E-state index < -0.39 is 4.92 Å². The first-order valence-corrected chi connectivity index (χ1v) is 6.00. The second-order valence-corrected chi connectivity index (χ2v) is 4.23. The molecular formula is C15H10N4O2. The lowest BCUT2D eigenvalue weighted by molar-refractivity contribution is -0.384. The Morgan fingerprint density at radius 2 is 1.57 bits per heavy atom. The van der Waals surface area contributed by atoms with Crippen molar-refractivity contribution >= 4 is 17.1 Å². The van der Waals surface area contributed by atoms with Crippen LogP contribution >= 0.6 is 0 Å². The summed E-state index contributed by atoms with van der Waals surface area (Å²) in [6.45, 7) is 0. The van der Waals surface area contributed by atoms with E-state index in [2.05, 4.69) is 0 Å². The van der Waals surface area contributed by atoms with Gasteiger partial charge in [0.2, 0.25) is 0 Å². The Hall–Kier alpha value is -3.38. The van der Waals surface area contributed by atoms with Gasteiger partial charge in [0.05, 0.1) is 16.2 Å². The quantitative estimate of drug-likeness (QED) is 0.635. The Morgan fingerprint density at radius 3 is 2.19 bits per heavy atom. The fraction of sp³-hybridized carbons (Fsp3) is 0.0667. The van der Waals surface area contributed by atoms with E-state index in [0.29, 0.717) is 11.3 Å². The molecule has 6 nitrogen and oxygen atoms in total. The fourth-order valence-corrected chi connectivity index (χ4v) is 2.07. The van der Waals surface area contributed by atoms with Gasteiger partial charge in [-0.05, 0) is 24.3 Å². The highest BCUT2D eigenvalue weighted by atomic mass is 16.6. The van der Waals surface area contributed by atoms with Gasteiger partial charge in [0, 0.05) is 7.05 Å². The molecule has 0 amide bonds. The predicted octanol–water partition coefficient (Wildman–Crippen LogP) is 3.11. The van der Waals surface area contributed by atoms with E-state index in [1.165, 1.54) is 11.0 Å². The van der Waals surface area contributed by atoms with Gasteiger partial charge < -0.3 is 4.90 Å². The maximum absolute atomic E-state index is 11.3. The molecule has 2 aromatic carbocycles. The molecular weight excluding hydrogens is 268 g/mol.